The Balaban J connectivity index is 2.66. The van der Waals surface area contributed by atoms with Crippen LogP contribution in [0, 0.1) is 5.92 Å². The fourth-order valence-electron chi connectivity index (χ4n) is 2.11. The molecule has 0 saturated heterocycles. The topological polar surface area (TPSA) is 21.3 Å². The van der Waals surface area contributed by atoms with Gasteiger partial charge in [0.2, 0.25) is 0 Å². The van der Waals surface area contributed by atoms with Crippen LogP contribution in [-0.4, -0.2) is 12.1 Å². The summed E-state index contributed by atoms with van der Waals surface area (Å²) >= 11 is 0. The first-order chi connectivity index (χ1) is 8.54. The van der Waals surface area contributed by atoms with Crippen LogP contribution in [0.1, 0.15) is 46.6 Å². The third-order valence-electron chi connectivity index (χ3n) is 3.13. The predicted octanol–water partition coefficient (Wildman–Crippen LogP) is 4.00. The minimum absolute atomic E-state index is 0.221. The highest BCUT2D eigenvalue weighted by Crippen LogP contribution is 2.20. The van der Waals surface area contributed by atoms with E-state index in [0.29, 0.717) is 12.0 Å². The van der Waals surface area contributed by atoms with Gasteiger partial charge in [-0.3, -0.25) is 0 Å². The van der Waals surface area contributed by atoms with Crippen LogP contribution in [0.25, 0.3) is 0 Å². The maximum Gasteiger partial charge on any atom is 0.124 e. The first-order valence-corrected chi connectivity index (χ1v) is 7.02. The predicted molar refractivity (Wildman–Crippen MR) is 78.0 cm³/mol. The van der Waals surface area contributed by atoms with Gasteiger partial charge in [-0.25, -0.2) is 0 Å². The Morgan fingerprint density at radius 1 is 1.11 bits per heavy atom. The van der Waals surface area contributed by atoms with Gasteiger partial charge >= 0.3 is 0 Å². The van der Waals surface area contributed by atoms with Gasteiger partial charge in [0, 0.05) is 18.2 Å². The van der Waals surface area contributed by atoms with Gasteiger partial charge < -0.3 is 10.1 Å². The van der Waals surface area contributed by atoms with Crippen LogP contribution in [0.5, 0.6) is 5.75 Å². The molecule has 0 bridgehead atoms. The van der Waals surface area contributed by atoms with Crippen LogP contribution < -0.4 is 10.1 Å². The van der Waals surface area contributed by atoms with E-state index >= 15 is 0 Å². The summed E-state index contributed by atoms with van der Waals surface area (Å²) in [6.07, 6.45) is 1.38. The molecular weight excluding hydrogens is 222 g/mol. The van der Waals surface area contributed by atoms with E-state index in [2.05, 4.69) is 52.1 Å². The summed E-state index contributed by atoms with van der Waals surface area (Å²) in [6, 6.07) is 8.85. The Kier molecular flexibility index (Phi) is 6.20. The molecule has 0 aliphatic rings. The van der Waals surface area contributed by atoms with E-state index in [1.165, 1.54) is 5.56 Å². The average molecular weight is 249 g/mol. The van der Waals surface area contributed by atoms with Crippen molar-refractivity contribution in [1.82, 2.24) is 5.32 Å². The van der Waals surface area contributed by atoms with E-state index in [4.69, 9.17) is 4.74 Å². The summed E-state index contributed by atoms with van der Waals surface area (Å²) in [5.74, 6) is 1.66. The summed E-state index contributed by atoms with van der Waals surface area (Å²) in [5, 5.41) is 3.62. The molecule has 2 heteroatoms. The molecule has 0 aliphatic carbocycles. The van der Waals surface area contributed by atoms with Crippen LogP contribution in [0.2, 0.25) is 0 Å². The van der Waals surface area contributed by atoms with Crippen molar-refractivity contribution < 1.29 is 4.74 Å². The van der Waals surface area contributed by atoms with Gasteiger partial charge in [-0.2, -0.15) is 0 Å². The number of nitrogens with one attached hydrogen (secondary N) is 1. The highest BCUT2D eigenvalue weighted by Gasteiger charge is 2.11. The zero-order chi connectivity index (χ0) is 13.5. The molecule has 1 N–H and O–H groups in total. The van der Waals surface area contributed by atoms with Gasteiger partial charge in [0.25, 0.3) is 0 Å². The lowest BCUT2D eigenvalue weighted by molar-refractivity contribution is 0.238. The second-order valence-electron chi connectivity index (χ2n) is 5.41. The van der Waals surface area contributed by atoms with E-state index in [-0.39, 0.29) is 6.10 Å². The molecule has 2 nitrogen and oxygen atoms in total. The molecule has 0 heterocycles. The van der Waals surface area contributed by atoms with E-state index in [1.807, 2.05) is 12.1 Å². The highest BCUT2D eigenvalue weighted by atomic mass is 16.5. The van der Waals surface area contributed by atoms with Gasteiger partial charge in [0.05, 0.1) is 6.10 Å². The standard InChI is InChI=1S/C16H27NO/c1-6-15(12(2)3)17-11-14-9-7-8-10-16(14)18-13(4)5/h7-10,12-13,15,17H,6,11H2,1-5H3. The van der Waals surface area contributed by atoms with Crippen molar-refractivity contribution in [2.24, 2.45) is 5.92 Å². The summed E-state index contributed by atoms with van der Waals surface area (Å²) < 4.78 is 5.83. The van der Waals surface area contributed by atoms with Crippen molar-refractivity contribution in [1.29, 1.82) is 0 Å². The molecule has 18 heavy (non-hydrogen) atoms. The third-order valence-corrected chi connectivity index (χ3v) is 3.13. The molecule has 0 saturated carbocycles. The average Bonchev–Trinajstić information content (AvgIpc) is 2.30. The quantitative estimate of drug-likeness (QED) is 0.788. The van der Waals surface area contributed by atoms with Crippen molar-refractivity contribution in [3.63, 3.8) is 0 Å². The van der Waals surface area contributed by atoms with Gasteiger partial charge in [-0.15, -0.1) is 0 Å². The van der Waals surface area contributed by atoms with Crippen molar-refractivity contribution in [3.8, 4) is 5.75 Å². The van der Waals surface area contributed by atoms with E-state index in [9.17, 15) is 0 Å². The second-order valence-corrected chi connectivity index (χ2v) is 5.41. The number of ether oxygens (including phenoxy) is 1. The molecule has 1 rings (SSSR count). The number of hydrogen-bond acceptors (Lipinski definition) is 2. The highest BCUT2D eigenvalue weighted by molar-refractivity contribution is 5.33. The third kappa shape index (κ3) is 4.69. The van der Waals surface area contributed by atoms with Crippen LogP contribution in [0.15, 0.2) is 24.3 Å². The SMILES string of the molecule is CCC(NCc1ccccc1OC(C)C)C(C)C. The number of rotatable bonds is 7. The fraction of sp³-hybridized carbons (Fsp3) is 0.625. The molecule has 0 amide bonds. The van der Waals surface area contributed by atoms with Crippen molar-refractivity contribution in [3.05, 3.63) is 29.8 Å². The van der Waals surface area contributed by atoms with Crippen LogP contribution in [0.3, 0.4) is 0 Å². The number of benzene rings is 1. The fourth-order valence-corrected chi connectivity index (χ4v) is 2.11. The molecule has 0 radical (unpaired) electrons. The van der Waals surface area contributed by atoms with Gasteiger partial charge in [0.15, 0.2) is 0 Å². The molecule has 1 unspecified atom stereocenters. The minimum Gasteiger partial charge on any atom is -0.491 e. The molecule has 0 fully saturated rings. The monoisotopic (exact) mass is 249 g/mol. The zero-order valence-corrected chi connectivity index (χ0v) is 12.4. The van der Waals surface area contributed by atoms with Crippen LogP contribution in [0.4, 0.5) is 0 Å². The molecule has 0 aromatic heterocycles. The lowest BCUT2D eigenvalue weighted by Gasteiger charge is -2.22. The number of hydrogen-bond donors (Lipinski definition) is 1. The van der Waals surface area contributed by atoms with Crippen molar-refractivity contribution in [2.75, 3.05) is 0 Å². The van der Waals surface area contributed by atoms with E-state index in [0.717, 1.165) is 18.7 Å². The summed E-state index contributed by atoms with van der Waals surface area (Å²) in [4.78, 5) is 0. The lowest BCUT2D eigenvalue weighted by atomic mass is 10.0. The molecular formula is C16H27NO. The van der Waals surface area contributed by atoms with Crippen LogP contribution in [-0.2, 0) is 6.54 Å². The summed E-state index contributed by atoms with van der Waals surface area (Å²) in [5.41, 5.74) is 1.24. The lowest BCUT2D eigenvalue weighted by Crippen LogP contribution is -2.32. The largest absolute Gasteiger partial charge is 0.491 e. The van der Waals surface area contributed by atoms with E-state index < -0.39 is 0 Å². The molecule has 102 valence electrons. The first-order valence-electron chi connectivity index (χ1n) is 7.02. The summed E-state index contributed by atoms with van der Waals surface area (Å²) in [7, 11) is 0. The van der Waals surface area contributed by atoms with Gasteiger partial charge in [0.1, 0.15) is 5.75 Å². The maximum atomic E-state index is 5.83. The Morgan fingerprint density at radius 2 is 1.78 bits per heavy atom. The Morgan fingerprint density at radius 3 is 2.33 bits per heavy atom. The van der Waals surface area contributed by atoms with E-state index in [1.54, 1.807) is 0 Å². The maximum absolute atomic E-state index is 5.83. The van der Waals surface area contributed by atoms with Gasteiger partial charge in [-0.1, -0.05) is 39.0 Å². The Labute approximate surface area is 112 Å². The first kappa shape index (κ1) is 15.0. The van der Waals surface area contributed by atoms with Crippen LogP contribution >= 0.6 is 0 Å². The smallest absolute Gasteiger partial charge is 0.124 e. The molecule has 0 aliphatic heterocycles. The van der Waals surface area contributed by atoms with Crippen molar-refractivity contribution >= 4 is 0 Å². The Bertz CT molecular complexity index is 347. The second kappa shape index (κ2) is 7.42. The van der Waals surface area contributed by atoms with Gasteiger partial charge in [-0.05, 0) is 32.3 Å². The Hall–Kier alpha value is -1.02. The molecule has 1 atom stereocenters. The number of para-hydroxylation sites is 1. The molecule has 1 aromatic rings. The molecule has 0 spiro atoms. The minimum atomic E-state index is 0.221. The zero-order valence-electron chi connectivity index (χ0n) is 12.4. The molecule has 1 aromatic carbocycles. The normalized spacial score (nSPS) is 13.1. The summed E-state index contributed by atoms with van der Waals surface area (Å²) in [6.45, 7) is 11.8. The van der Waals surface area contributed by atoms with Crippen molar-refractivity contribution in [2.45, 2.75) is 59.7 Å².